The summed E-state index contributed by atoms with van der Waals surface area (Å²) in [7, 11) is 1.49. The number of amides is 2. The van der Waals surface area contributed by atoms with Gasteiger partial charge in [0, 0.05) is 43.9 Å². The summed E-state index contributed by atoms with van der Waals surface area (Å²) in [6.07, 6.45) is -4.69. The first-order chi connectivity index (χ1) is 15.7. The Bertz CT molecular complexity index is 1060. The van der Waals surface area contributed by atoms with Crippen LogP contribution in [0.1, 0.15) is 25.7 Å². The van der Waals surface area contributed by atoms with Crippen molar-refractivity contribution in [2.75, 3.05) is 44.8 Å². The third kappa shape index (κ3) is 5.64. The number of halogens is 3. The van der Waals surface area contributed by atoms with E-state index in [4.69, 9.17) is 10.00 Å². The van der Waals surface area contributed by atoms with Gasteiger partial charge in [-0.1, -0.05) is 0 Å². The van der Waals surface area contributed by atoms with E-state index in [0.717, 1.165) is 17.0 Å². The van der Waals surface area contributed by atoms with E-state index in [1.165, 1.54) is 29.4 Å². The monoisotopic (exact) mass is 480 g/mol. The lowest BCUT2D eigenvalue weighted by Crippen LogP contribution is -2.61. The fourth-order valence-corrected chi connectivity index (χ4v) is 4.45. The SMILES string of the molecule is COCCNC(=O)C1CN(c2ccc(C#N)c(C(F)(F)F)c2)CCN1C(=O)c1ccc(C)s1. The number of alkyl halides is 3. The second-order valence-electron chi connectivity index (χ2n) is 7.49. The Hall–Kier alpha value is -3.10. The number of hydrogen-bond acceptors (Lipinski definition) is 6. The zero-order valence-electron chi connectivity index (χ0n) is 18.1. The maximum Gasteiger partial charge on any atom is 0.417 e. The van der Waals surface area contributed by atoms with Crippen LogP contribution in [0.25, 0.3) is 0 Å². The minimum atomic E-state index is -4.69. The van der Waals surface area contributed by atoms with Crippen molar-refractivity contribution in [3.05, 3.63) is 51.2 Å². The van der Waals surface area contributed by atoms with Crippen LogP contribution in [-0.4, -0.2) is 62.7 Å². The van der Waals surface area contributed by atoms with Crippen molar-refractivity contribution >= 4 is 28.8 Å². The average molecular weight is 481 g/mol. The molecule has 1 saturated heterocycles. The van der Waals surface area contributed by atoms with Crippen LogP contribution in [0.5, 0.6) is 0 Å². The standard InChI is InChI=1S/C22H23F3N4O3S/c1-14-3-6-19(33-14)21(31)29-9-8-28(13-18(29)20(30)27-7-10-32-2)16-5-4-15(12-26)17(11-16)22(23,24)25/h3-6,11,18H,7-10,13H2,1-2H3,(H,27,30). The van der Waals surface area contributed by atoms with E-state index >= 15 is 0 Å². The Balaban J connectivity index is 1.88. The molecule has 1 N–H and O–H groups in total. The predicted octanol–water partition coefficient (Wildman–Crippen LogP) is 3.04. The fourth-order valence-electron chi connectivity index (χ4n) is 3.63. The van der Waals surface area contributed by atoms with E-state index in [-0.39, 0.29) is 44.4 Å². The number of aryl methyl sites for hydroxylation is 1. The number of carbonyl (C=O) groups is 2. The van der Waals surface area contributed by atoms with Crippen LogP contribution in [0.2, 0.25) is 0 Å². The second-order valence-corrected chi connectivity index (χ2v) is 8.78. The van der Waals surface area contributed by atoms with Crippen LogP contribution in [0, 0.1) is 18.3 Å². The van der Waals surface area contributed by atoms with Crippen molar-refractivity contribution in [3.8, 4) is 6.07 Å². The van der Waals surface area contributed by atoms with Crippen LogP contribution in [0.3, 0.4) is 0 Å². The van der Waals surface area contributed by atoms with Crippen molar-refractivity contribution in [1.29, 1.82) is 5.26 Å². The van der Waals surface area contributed by atoms with Gasteiger partial charge in [0.05, 0.1) is 28.7 Å². The van der Waals surface area contributed by atoms with E-state index in [2.05, 4.69) is 5.32 Å². The van der Waals surface area contributed by atoms with Crippen LogP contribution < -0.4 is 10.2 Å². The summed E-state index contributed by atoms with van der Waals surface area (Å²) in [4.78, 5) is 30.5. The lowest BCUT2D eigenvalue weighted by molar-refractivity contribution is -0.137. The molecule has 1 unspecified atom stereocenters. The molecule has 0 radical (unpaired) electrons. The van der Waals surface area contributed by atoms with Crippen LogP contribution in [-0.2, 0) is 15.7 Å². The number of nitrogens with one attached hydrogen (secondary N) is 1. The number of anilines is 1. The van der Waals surface area contributed by atoms with Gasteiger partial charge in [0.25, 0.3) is 5.91 Å². The first-order valence-corrected chi connectivity index (χ1v) is 11.0. The first-order valence-electron chi connectivity index (χ1n) is 10.2. The minimum absolute atomic E-state index is 0.0120. The number of nitriles is 1. The molecule has 1 aliphatic rings. The number of benzene rings is 1. The molecule has 1 aliphatic heterocycles. The Labute approximate surface area is 193 Å². The van der Waals surface area contributed by atoms with Gasteiger partial charge >= 0.3 is 6.18 Å². The van der Waals surface area contributed by atoms with E-state index in [9.17, 15) is 22.8 Å². The highest BCUT2D eigenvalue weighted by atomic mass is 32.1. The zero-order valence-corrected chi connectivity index (χ0v) is 18.9. The summed E-state index contributed by atoms with van der Waals surface area (Å²) < 4.78 is 45.2. The van der Waals surface area contributed by atoms with Crippen LogP contribution >= 0.6 is 11.3 Å². The Morgan fingerprint density at radius 3 is 2.64 bits per heavy atom. The van der Waals surface area contributed by atoms with Gasteiger partial charge in [-0.05, 0) is 37.3 Å². The largest absolute Gasteiger partial charge is 0.417 e. The number of carbonyl (C=O) groups excluding carboxylic acids is 2. The van der Waals surface area contributed by atoms with Gasteiger partial charge in [-0.25, -0.2) is 0 Å². The number of hydrogen-bond donors (Lipinski definition) is 1. The highest BCUT2D eigenvalue weighted by molar-refractivity contribution is 7.13. The summed E-state index contributed by atoms with van der Waals surface area (Å²) in [6, 6.07) is 7.64. The molecule has 2 amide bonds. The Morgan fingerprint density at radius 2 is 2.03 bits per heavy atom. The summed E-state index contributed by atoms with van der Waals surface area (Å²) in [5.74, 6) is -0.710. The van der Waals surface area contributed by atoms with Gasteiger partial charge in [0.2, 0.25) is 5.91 Å². The molecular formula is C22H23F3N4O3S. The van der Waals surface area contributed by atoms with Gasteiger partial charge in [-0.15, -0.1) is 11.3 Å². The molecular weight excluding hydrogens is 457 g/mol. The van der Waals surface area contributed by atoms with Crippen molar-refractivity contribution in [2.24, 2.45) is 0 Å². The number of nitrogens with zero attached hydrogens (tertiary/aromatic N) is 3. The second kappa shape index (κ2) is 10.2. The third-order valence-corrected chi connectivity index (χ3v) is 6.28. The summed E-state index contributed by atoms with van der Waals surface area (Å²) in [6.45, 7) is 2.79. The Morgan fingerprint density at radius 1 is 1.27 bits per heavy atom. The van der Waals surface area contributed by atoms with Crippen LogP contribution in [0.4, 0.5) is 18.9 Å². The predicted molar refractivity (Wildman–Crippen MR) is 117 cm³/mol. The van der Waals surface area contributed by atoms with Gasteiger partial charge in [-0.2, -0.15) is 18.4 Å². The first kappa shape index (κ1) is 24.5. The van der Waals surface area contributed by atoms with Gasteiger partial charge < -0.3 is 19.9 Å². The minimum Gasteiger partial charge on any atom is -0.383 e. The van der Waals surface area contributed by atoms with Crippen molar-refractivity contribution in [2.45, 2.75) is 19.1 Å². The molecule has 0 aliphatic carbocycles. The molecule has 2 heterocycles. The molecule has 11 heteroatoms. The maximum atomic E-state index is 13.4. The normalized spacial score (nSPS) is 16.4. The summed E-state index contributed by atoms with van der Waals surface area (Å²) in [5, 5.41) is 11.8. The van der Waals surface area contributed by atoms with Crippen molar-refractivity contribution < 1.29 is 27.5 Å². The molecule has 0 bridgehead atoms. The quantitative estimate of drug-likeness (QED) is 0.643. The summed E-state index contributed by atoms with van der Waals surface area (Å²) >= 11 is 1.32. The van der Waals surface area contributed by atoms with E-state index in [1.54, 1.807) is 17.0 Å². The van der Waals surface area contributed by atoms with Gasteiger partial charge in [-0.3, -0.25) is 9.59 Å². The molecule has 176 valence electrons. The highest BCUT2D eigenvalue weighted by Gasteiger charge is 2.38. The molecule has 1 fully saturated rings. The third-order valence-electron chi connectivity index (χ3n) is 5.29. The fraction of sp³-hybridized carbons (Fsp3) is 0.409. The number of thiophene rings is 1. The summed E-state index contributed by atoms with van der Waals surface area (Å²) in [5.41, 5.74) is -1.27. The van der Waals surface area contributed by atoms with Crippen LogP contribution in [0.15, 0.2) is 30.3 Å². The van der Waals surface area contributed by atoms with E-state index in [0.29, 0.717) is 4.88 Å². The van der Waals surface area contributed by atoms with Crippen molar-refractivity contribution in [3.63, 3.8) is 0 Å². The van der Waals surface area contributed by atoms with E-state index in [1.807, 2.05) is 13.0 Å². The smallest absolute Gasteiger partial charge is 0.383 e. The number of piperazine rings is 1. The molecule has 7 nitrogen and oxygen atoms in total. The van der Waals surface area contributed by atoms with Gasteiger partial charge in [0.15, 0.2) is 0 Å². The molecule has 33 heavy (non-hydrogen) atoms. The molecule has 2 aromatic rings. The molecule has 0 spiro atoms. The number of rotatable bonds is 6. The molecule has 3 rings (SSSR count). The lowest BCUT2D eigenvalue weighted by atomic mass is 10.0. The lowest BCUT2D eigenvalue weighted by Gasteiger charge is -2.41. The molecule has 1 atom stereocenters. The Kier molecular flexibility index (Phi) is 7.61. The molecule has 0 saturated carbocycles. The number of methoxy groups -OCH3 is 1. The maximum absolute atomic E-state index is 13.4. The molecule has 1 aromatic carbocycles. The van der Waals surface area contributed by atoms with Crippen molar-refractivity contribution in [1.82, 2.24) is 10.2 Å². The number of ether oxygens (including phenoxy) is 1. The highest BCUT2D eigenvalue weighted by Crippen LogP contribution is 2.35. The topological polar surface area (TPSA) is 85.7 Å². The van der Waals surface area contributed by atoms with E-state index < -0.39 is 29.3 Å². The average Bonchev–Trinajstić information content (AvgIpc) is 3.23. The molecule has 1 aromatic heterocycles. The van der Waals surface area contributed by atoms with Gasteiger partial charge in [0.1, 0.15) is 6.04 Å². The zero-order chi connectivity index (χ0) is 24.2.